The van der Waals surface area contributed by atoms with Crippen LogP contribution in [-0.2, 0) is 11.3 Å². The van der Waals surface area contributed by atoms with Crippen molar-refractivity contribution in [1.82, 2.24) is 14.9 Å². The zero-order valence-electron chi connectivity index (χ0n) is 14.7. The molecule has 0 bridgehead atoms. The first-order chi connectivity index (χ1) is 12.5. The van der Waals surface area contributed by atoms with E-state index in [1.807, 2.05) is 42.0 Å². The van der Waals surface area contributed by atoms with Crippen LogP contribution in [0.3, 0.4) is 0 Å². The van der Waals surface area contributed by atoms with Gasteiger partial charge in [0.1, 0.15) is 5.82 Å². The Kier molecular flexibility index (Phi) is 5.12. The number of carbonyl (C=O) groups excluding carboxylic acids is 2. The van der Waals surface area contributed by atoms with Gasteiger partial charge < -0.3 is 15.2 Å². The van der Waals surface area contributed by atoms with E-state index in [2.05, 4.69) is 15.6 Å². The van der Waals surface area contributed by atoms with Gasteiger partial charge in [-0.05, 0) is 36.8 Å². The lowest BCUT2D eigenvalue weighted by Crippen LogP contribution is -2.23. The van der Waals surface area contributed by atoms with E-state index in [0.717, 1.165) is 17.1 Å². The molecular weight excluding hydrogens is 328 g/mol. The lowest BCUT2D eigenvalue weighted by atomic mass is 10.1. The Hall–Kier alpha value is -3.41. The molecule has 0 atom stereocenters. The maximum Gasteiger partial charge on any atom is 0.251 e. The zero-order chi connectivity index (χ0) is 18.5. The minimum Gasteiger partial charge on any atom is -0.348 e. The van der Waals surface area contributed by atoms with Gasteiger partial charge >= 0.3 is 0 Å². The normalized spacial score (nSPS) is 10.4. The molecule has 0 radical (unpaired) electrons. The van der Waals surface area contributed by atoms with Crippen LogP contribution in [0.1, 0.15) is 28.7 Å². The molecule has 0 saturated heterocycles. The summed E-state index contributed by atoms with van der Waals surface area (Å²) in [5, 5.41) is 5.61. The van der Waals surface area contributed by atoms with Crippen molar-refractivity contribution < 1.29 is 9.59 Å². The first-order valence-electron chi connectivity index (χ1n) is 8.28. The number of hydrogen-bond donors (Lipinski definition) is 2. The second kappa shape index (κ2) is 7.65. The van der Waals surface area contributed by atoms with Crippen LogP contribution in [0.2, 0.25) is 0 Å². The number of benzene rings is 2. The Morgan fingerprint density at radius 2 is 1.92 bits per heavy atom. The summed E-state index contributed by atoms with van der Waals surface area (Å²) in [4.78, 5) is 27.9. The molecule has 3 rings (SSSR count). The van der Waals surface area contributed by atoms with E-state index in [4.69, 9.17) is 0 Å². The molecule has 1 heterocycles. The quantitative estimate of drug-likeness (QED) is 0.744. The molecule has 2 aromatic carbocycles. The Morgan fingerprint density at radius 1 is 1.12 bits per heavy atom. The molecule has 0 aliphatic rings. The number of imidazole rings is 1. The van der Waals surface area contributed by atoms with Crippen molar-refractivity contribution in [2.24, 2.45) is 0 Å². The molecule has 0 saturated carbocycles. The van der Waals surface area contributed by atoms with E-state index >= 15 is 0 Å². The van der Waals surface area contributed by atoms with E-state index in [1.165, 1.54) is 6.92 Å². The Bertz CT molecular complexity index is 946. The highest BCUT2D eigenvalue weighted by atomic mass is 16.2. The van der Waals surface area contributed by atoms with Crippen molar-refractivity contribution in [2.45, 2.75) is 20.4 Å². The standard InChI is InChI=1S/C20H20N4O2/c1-14-21-10-11-24(14)19-9-4-3-6-17(19)13-22-20(26)16-7-5-8-18(12-16)23-15(2)25/h3-12H,13H2,1-2H3,(H,22,26)(H,23,25). The average Bonchev–Trinajstić information content (AvgIpc) is 3.05. The highest BCUT2D eigenvalue weighted by Gasteiger charge is 2.10. The lowest BCUT2D eigenvalue weighted by molar-refractivity contribution is -0.114. The SMILES string of the molecule is CC(=O)Nc1cccc(C(=O)NCc2ccccc2-n2ccnc2C)c1. The average molecular weight is 348 g/mol. The summed E-state index contributed by atoms with van der Waals surface area (Å²) >= 11 is 0. The van der Waals surface area contributed by atoms with E-state index in [-0.39, 0.29) is 11.8 Å². The largest absolute Gasteiger partial charge is 0.348 e. The molecule has 3 aromatic rings. The Balaban J connectivity index is 1.75. The predicted octanol–water partition coefficient (Wildman–Crippen LogP) is 3.07. The van der Waals surface area contributed by atoms with Crippen LogP contribution in [0.4, 0.5) is 5.69 Å². The van der Waals surface area contributed by atoms with Crippen LogP contribution < -0.4 is 10.6 Å². The minimum absolute atomic E-state index is 0.174. The van der Waals surface area contributed by atoms with Gasteiger partial charge in [0.25, 0.3) is 5.91 Å². The van der Waals surface area contributed by atoms with Crippen LogP contribution in [0.25, 0.3) is 5.69 Å². The molecule has 0 aliphatic carbocycles. The first-order valence-corrected chi connectivity index (χ1v) is 8.28. The zero-order valence-corrected chi connectivity index (χ0v) is 14.7. The topological polar surface area (TPSA) is 76.0 Å². The molecule has 0 unspecified atom stereocenters. The molecule has 2 amide bonds. The number of anilines is 1. The third-order valence-corrected chi connectivity index (χ3v) is 3.96. The number of aromatic nitrogens is 2. The number of aryl methyl sites for hydroxylation is 1. The van der Waals surface area contributed by atoms with E-state index < -0.39 is 0 Å². The fraction of sp³-hybridized carbons (Fsp3) is 0.150. The summed E-state index contributed by atoms with van der Waals surface area (Å²) in [5.41, 5.74) is 3.06. The number of para-hydroxylation sites is 1. The van der Waals surface area contributed by atoms with Gasteiger partial charge in [-0.25, -0.2) is 4.98 Å². The Labute approximate surface area is 151 Å². The molecule has 0 aliphatic heterocycles. The maximum atomic E-state index is 12.5. The fourth-order valence-electron chi connectivity index (χ4n) is 2.75. The number of nitrogens with one attached hydrogen (secondary N) is 2. The van der Waals surface area contributed by atoms with Crippen molar-refractivity contribution in [2.75, 3.05) is 5.32 Å². The minimum atomic E-state index is -0.200. The number of hydrogen-bond acceptors (Lipinski definition) is 3. The molecular formula is C20H20N4O2. The van der Waals surface area contributed by atoms with Gasteiger partial charge in [0.15, 0.2) is 0 Å². The summed E-state index contributed by atoms with van der Waals surface area (Å²) in [6, 6.07) is 14.7. The summed E-state index contributed by atoms with van der Waals surface area (Å²) in [6.45, 7) is 3.75. The molecule has 2 N–H and O–H groups in total. The number of carbonyl (C=O) groups is 2. The molecule has 0 fully saturated rings. The van der Waals surface area contributed by atoms with Gasteiger partial charge in [-0.2, -0.15) is 0 Å². The van der Waals surface area contributed by atoms with Crippen molar-refractivity contribution in [3.63, 3.8) is 0 Å². The number of amides is 2. The molecule has 0 spiro atoms. The Morgan fingerprint density at radius 3 is 2.65 bits per heavy atom. The second-order valence-electron chi connectivity index (χ2n) is 5.92. The molecule has 26 heavy (non-hydrogen) atoms. The second-order valence-corrected chi connectivity index (χ2v) is 5.92. The molecule has 1 aromatic heterocycles. The molecule has 6 heteroatoms. The number of nitrogens with zero attached hydrogens (tertiary/aromatic N) is 2. The maximum absolute atomic E-state index is 12.5. The van der Waals surface area contributed by atoms with Crippen LogP contribution >= 0.6 is 0 Å². The van der Waals surface area contributed by atoms with Crippen molar-refractivity contribution in [3.8, 4) is 5.69 Å². The molecule has 6 nitrogen and oxygen atoms in total. The van der Waals surface area contributed by atoms with Gasteiger partial charge in [-0.15, -0.1) is 0 Å². The van der Waals surface area contributed by atoms with Crippen molar-refractivity contribution in [3.05, 3.63) is 77.9 Å². The first kappa shape index (κ1) is 17.4. The van der Waals surface area contributed by atoms with Crippen LogP contribution in [-0.4, -0.2) is 21.4 Å². The van der Waals surface area contributed by atoms with E-state index in [9.17, 15) is 9.59 Å². The van der Waals surface area contributed by atoms with Gasteiger partial charge in [0.05, 0.1) is 5.69 Å². The molecule has 132 valence electrons. The monoisotopic (exact) mass is 348 g/mol. The third kappa shape index (κ3) is 3.97. The van der Waals surface area contributed by atoms with Gasteiger partial charge in [-0.1, -0.05) is 24.3 Å². The van der Waals surface area contributed by atoms with Gasteiger partial charge in [0, 0.05) is 37.1 Å². The lowest BCUT2D eigenvalue weighted by Gasteiger charge is -2.13. The van der Waals surface area contributed by atoms with Crippen LogP contribution in [0, 0.1) is 6.92 Å². The summed E-state index contributed by atoms with van der Waals surface area (Å²) in [5.74, 6) is 0.508. The van der Waals surface area contributed by atoms with Crippen molar-refractivity contribution >= 4 is 17.5 Å². The fourth-order valence-corrected chi connectivity index (χ4v) is 2.75. The van der Waals surface area contributed by atoms with Gasteiger partial charge in [0.2, 0.25) is 5.91 Å². The predicted molar refractivity (Wildman–Crippen MR) is 100 cm³/mol. The van der Waals surface area contributed by atoms with Crippen LogP contribution in [0.5, 0.6) is 0 Å². The van der Waals surface area contributed by atoms with Crippen molar-refractivity contribution in [1.29, 1.82) is 0 Å². The third-order valence-electron chi connectivity index (χ3n) is 3.96. The smallest absolute Gasteiger partial charge is 0.251 e. The summed E-state index contributed by atoms with van der Waals surface area (Å²) in [6.07, 6.45) is 3.64. The highest BCUT2D eigenvalue weighted by Crippen LogP contribution is 2.16. The summed E-state index contributed by atoms with van der Waals surface area (Å²) < 4.78 is 1.99. The summed E-state index contributed by atoms with van der Waals surface area (Å²) in [7, 11) is 0. The van der Waals surface area contributed by atoms with Crippen LogP contribution in [0.15, 0.2) is 60.9 Å². The van der Waals surface area contributed by atoms with E-state index in [1.54, 1.807) is 30.5 Å². The van der Waals surface area contributed by atoms with E-state index in [0.29, 0.717) is 17.8 Å². The number of rotatable bonds is 5. The highest BCUT2D eigenvalue weighted by molar-refractivity contribution is 5.96. The van der Waals surface area contributed by atoms with Gasteiger partial charge in [-0.3, -0.25) is 9.59 Å².